The molecule has 2 rings (SSSR count). The lowest BCUT2D eigenvalue weighted by molar-refractivity contribution is -0.142. The first-order valence-corrected chi connectivity index (χ1v) is 6.64. The molecule has 1 saturated heterocycles. The van der Waals surface area contributed by atoms with Gasteiger partial charge >= 0.3 is 5.97 Å². The number of ether oxygens (including phenoxy) is 1. The van der Waals surface area contributed by atoms with Gasteiger partial charge in [-0.3, -0.25) is 4.79 Å². The molecule has 0 saturated carbocycles. The molecule has 1 fully saturated rings. The molecule has 0 amide bonds. The van der Waals surface area contributed by atoms with E-state index in [-0.39, 0.29) is 12.0 Å². The maximum absolute atomic E-state index is 11.3. The molecule has 2 atom stereocenters. The molecule has 1 aromatic rings. The third kappa shape index (κ3) is 3.84. The predicted octanol–water partition coefficient (Wildman–Crippen LogP) is 2.89. The van der Waals surface area contributed by atoms with Crippen LogP contribution in [0.4, 0.5) is 0 Å². The van der Waals surface area contributed by atoms with Gasteiger partial charge in [-0.15, -0.1) is 0 Å². The van der Waals surface area contributed by atoms with E-state index in [4.69, 9.17) is 4.74 Å². The van der Waals surface area contributed by atoms with Crippen molar-refractivity contribution in [3.63, 3.8) is 0 Å². The largest absolute Gasteiger partial charge is 0.481 e. The Bertz CT molecular complexity index is 369. The minimum atomic E-state index is -0.697. The lowest BCUT2D eigenvalue weighted by Crippen LogP contribution is -2.19. The lowest BCUT2D eigenvalue weighted by atomic mass is 9.93. The van der Waals surface area contributed by atoms with Crippen molar-refractivity contribution in [2.75, 3.05) is 6.61 Å². The summed E-state index contributed by atoms with van der Waals surface area (Å²) in [4.78, 5) is 11.3. The van der Waals surface area contributed by atoms with Gasteiger partial charge < -0.3 is 9.84 Å². The minimum absolute atomic E-state index is 0.280. The van der Waals surface area contributed by atoms with Gasteiger partial charge in [-0.1, -0.05) is 30.3 Å². The van der Waals surface area contributed by atoms with E-state index in [0.717, 1.165) is 31.4 Å². The molecule has 1 aliphatic heterocycles. The van der Waals surface area contributed by atoms with Gasteiger partial charge in [0.1, 0.15) is 0 Å². The van der Waals surface area contributed by atoms with Gasteiger partial charge in [0.05, 0.1) is 12.0 Å². The highest BCUT2D eigenvalue weighted by Crippen LogP contribution is 2.22. The fourth-order valence-electron chi connectivity index (χ4n) is 2.47. The van der Waals surface area contributed by atoms with Crippen LogP contribution in [0.15, 0.2) is 30.3 Å². The fourth-order valence-corrected chi connectivity index (χ4v) is 2.47. The first-order valence-electron chi connectivity index (χ1n) is 6.64. The second-order valence-corrected chi connectivity index (χ2v) is 4.94. The Morgan fingerprint density at radius 1 is 1.39 bits per heavy atom. The van der Waals surface area contributed by atoms with Gasteiger partial charge in [-0.25, -0.2) is 0 Å². The van der Waals surface area contributed by atoms with Crippen molar-refractivity contribution in [3.8, 4) is 0 Å². The molecule has 1 aromatic carbocycles. The van der Waals surface area contributed by atoms with Crippen LogP contribution in [0.2, 0.25) is 0 Å². The predicted molar refractivity (Wildman–Crippen MR) is 69.5 cm³/mol. The molecule has 1 aliphatic rings. The maximum Gasteiger partial charge on any atom is 0.306 e. The summed E-state index contributed by atoms with van der Waals surface area (Å²) in [6, 6.07) is 9.83. The first kappa shape index (κ1) is 13.1. The van der Waals surface area contributed by atoms with E-state index in [1.807, 2.05) is 30.3 Å². The molecule has 1 heterocycles. The monoisotopic (exact) mass is 248 g/mol. The van der Waals surface area contributed by atoms with Crippen molar-refractivity contribution in [1.29, 1.82) is 0 Å². The molecule has 0 spiro atoms. The van der Waals surface area contributed by atoms with Crippen molar-refractivity contribution < 1.29 is 14.6 Å². The Kier molecular flexibility index (Phi) is 4.76. The van der Waals surface area contributed by atoms with Crippen LogP contribution in [-0.4, -0.2) is 23.8 Å². The highest BCUT2D eigenvalue weighted by molar-refractivity contribution is 5.70. The van der Waals surface area contributed by atoms with E-state index in [9.17, 15) is 9.90 Å². The van der Waals surface area contributed by atoms with E-state index in [1.54, 1.807) is 0 Å². The van der Waals surface area contributed by atoms with Crippen LogP contribution < -0.4 is 0 Å². The Hall–Kier alpha value is -1.35. The van der Waals surface area contributed by atoms with Gasteiger partial charge in [0, 0.05) is 6.61 Å². The van der Waals surface area contributed by atoms with E-state index in [1.165, 1.54) is 0 Å². The molecular weight excluding hydrogens is 228 g/mol. The molecule has 1 N–H and O–H groups in total. The molecule has 3 heteroatoms. The third-order valence-corrected chi connectivity index (χ3v) is 3.54. The van der Waals surface area contributed by atoms with E-state index in [0.29, 0.717) is 12.8 Å². The summed E-state index contributed by atoms with van der Waals surface area (Å²) in [5, 5.41) is 9.27. The van der Waals surface area contributed by atoms with Crippen molar-refractivity contribution in [2.45, 2.75) is 38.2 Å². The molecule has 98 valence electrons. The zero-order valence-electron chi connectivity index (χ0n) is 10.5. The van der Waals surface area contributed by atoms with Crippen LogP contribution in [0, 0.1) is 5.92 Å². The molecule has 3 nitrogen and oxygen atoms in total. The molecule has 0 aromatic heterocycles. The normalized spacial score (nSPS) is 20.8. The fraction of sp³-hybridized carbons (Fsp3) is 0.533. The second kappa shape index (κ2) is 6.55. The van der Waals surface area contributed by atoms with Crippen molar-refractivity contribution in [1.82, 2.24) is 0 Å². The zero-order valence-corrected chi connectivity index (χ0v) is 10.5. The van der Waals surface area contributed by atoms with Gasteiger partial charge in [0.2, 0.25) is 0 Å². The van der Waals surface area contributed by atoms with Crippen LogP contribution >= 0.6 is 0 Å². The standard InChI is InChI=1S/C15H20O3/c16-15(17)13(8-9-14-7-4-10-18-14)11-12-5-2-1-3-6-12/h1-3,5-6,13-14H,4,7-11H2,(H,16,17). The zero-order chi connectivity index (χ0) is 12.8. The van der Waals surface area contributed by atoms with Gasteiger partial charge in [0.25, 0.3) is 0 Å². The molecule has 0 bridgehead atoms. The maximum atomic E-state index is 11.3. The SMILES string of the molecule is O=C(O)C(CCC1CCCO1)Cc1ccccc1. The van der Waals surface area contributed by atoms with Crippen LogP contribution in [0.1, 0.15) is 31.2 Å². The summed E-state index contributed by atoms with van der Waals surface area (Å²) in [5.74, 6) is -0.992. The topological polar surface area (TPSA) is 46.5 Å². The van der Waals surface area contributed by atoms with Crippen LogP contribution in [0.25, 0.3) is 0 Å². The Morgan fingerprint density at radius 2 is 2.17 bits per heavy atom. The Balaban J connectivity index is 1.85. The summed E-state index contributed by atoms with van der Waals surface area (Å²) in [6.45, 7) is 0.834. The van der Waals surface area contributed by atoms with Crippen molar-refractivity contribution >= 4 is 5.97 Å². The summed E-state index contributed by atoms with van der Waals surface area (Å²) in [6.07, 6.45) is 4.66. The number of hydrogen-bond donors (Lipinski definition) is 1. The molecule has 2 unspecified atom stereocenters. The molecule has 18 heavy (non-hydrogen) atoms. The Morgan fingerprint density at radius 3 is 2.78 bits per heavy atom. The summed E-state index contributed by atoms with van der Waals surface area (Å²) in [5.41, 5.74) is 1.09. The highest BCUT2D eigenvalue weighted by Gasteiger charge is 2.22. The van der Waals surface area contributed by atoms with Crippen LogP contribution in [0.3, 0.4) is 0 Å². The smallest absolute Gasteiger partial charge is 0.306 e. The van der Waals surface area contributed by atoms with Crippen molar-refractivity contribution in [2.24, 2.45) is 5.92 Å². The summed E-state index contributed by atoms with van der Waals surface area (Å²) >= 11 is 0. The van der Waals surface area contributed by atoms with Gasteiger partial charge in [0.15, 0.2) is 0 Å². The second-order valence-electron chi connectivity index (χ2n) is 4.94. The molecule has 0 aliphatic carbocycles. The average Bonchev–Trinajstić information content (AvgIpc) is 2.88. The molecule has 0 radical (unpaired) electrons. The number of rotatable bonds is 6. The first-order chi connectivity index (χ1) is 8.75. The Labute approximate surface area is 108 Å². The van der Waals surface area contributed by atoms with Crippen LogP contribution in [0.5, 0.6) is 0 Å². The number of carbonyl (C=O) groups is 1. The number of carboxylic acids is 1. The van der Waals surface area contributed by atoms with Gasteiger partial charge in [-0.2, -0.15) is 0 Å². The van der Waals surface area contributed by atoms with Crippen LogP contribution in [-0.2, 0) is 16.0 Å². The van der Waals surface area contributed by atoms with Crippen molar-refractivity contribution in [3.05, 3.63) is 35.9 Å². The number of benzene rings is 1. The van der Waals surface area contributed by atoms with Gasteiger partial charge in [-0.05, 0) is 37.7 Å². The minimum Gasteiger partial charge on any atom is -0.481 e. The molecular formula is C15H20O3. The number of aliphatic carboxylic acids is 1. The number of hydrogen-bond acceptors (Lipinski definition) is 2. The number of carboxylic acid groups (broad SMARTS) is 1. The third-order valence-electron chi connectivity index (χ3n) is 3.54. The highest BCUT2D eigenvalue weighted by atomic mass is 16.5. The quantitative estimate of drug-likeness (QED) is 0.842. The van der Waals surface area contributed by atoms with E-state index < -0.39 is 5.97 Å². The summed E-state index contributed by atoms with van der Waals surface area (Å²) < 4.78 is 5.54. The lowest BCUT2D eigenvalue weighted by Gasteiger charge is -2.15. The average molecular weight is 248 g/mol. The summed E-state index contributed by atoms with van der Waals surface area (Å²) in [7, 11) is 0. The van der Waals surface area contributed by atoms with E-state index >= 15 is 0 Å². The van der Waals surface area contributed by atoms with E-state index in [2.05, 4.69) is 0 Å².